The van der Waals surface area contributed by atoms with Crippen molar-refractivity contribution in [2.75, 3.05) is 31.6 Å². The van der Waals surface area contributed by atoms with E-state index >= 15 is 0 Å². The molecule has 0 spiro atoms. The summed E-state index contributed by atoms with van der Waals surface area (Å²) in [6.07, 6.45) is 1.63. The highest BCUT2D eigenvalue weighted by Crippen LogP contribution is 2.33. The highest BCUT2D eigenvalue weighted by atomic mass is 16.7. The van der Waals surface area contributed by atoms with Gasteiger partial charge in [-0.3, -0.25) is 4.79 Å². The number of nitrogens with zero attached hydrogens (tertiary/aromatic N) is 1. The first-order chi connectivity index (χ1) is 14.2. The van der Waals surface area contributed by atoms with Gasteiger partial charge >= 0.3 is 0 Å². The van der Waals surface area contributed by atoms with Gasteiger partial charge in [-0.15, -0.1) is 0 Å². The Labute approximate surface area is 167 Å². The first kappa shape index (κ1) is 18.4. The number of amides is 1. The van der Waals surface area contributed by atoms with Gasteiger partial charge in [0.05, 0.1) is 26.1 Å². The zero-order valence-electron chi connectivity index (χ0n) is 15.9. The van der Waals surface area contributed by atoms with E-state index < -0.39 is 0 Å². The second kappa shape index (κ2) is 7.97. The van der Waals surface area contributed by atoms with Crippen LogP contribution in [0.1, 0.15) is 10.4 Å². The third-order valence-electron chi connectivity index (χ3n) is 4.31. The fraction of sp³-hybridized carbons (Fsp3) is 0.143. The van der Waals surface area contributed by atoms with E-state index in [0.717, 1.165) is 11.4 Å². The maximum atomic E-state index is 12.4. The second-order valence-electron chi connectivity index (χ2n) is 6.15. The third kappa shape index (κ3) is 4.01. The Morgan fingerprint density at radius 3 is 2.48 bits per heavy atom. The fourth-order valence-corrected chi connectivity index (χ4v) is 2.85. The van der Waals surface area contributed by atoms with Crippen LogP contribution in [0.3, 0.4) is 0 Å². The van der Waals surface area contributed by atoms with Crippen molar-refractivity contribution in [3.05, 3.63) is 60.3 Å². The number of hydrogen-bond acceptors (Lipinski definition) is 7. The molecular weight excluding hydrogens is 374 g/mol. The summed E-state index contributed by atoms with van der Waals surface area (Å²) < 4.78 is 21.1. The van der Waals surface area contributed by atoms with Gasteiger partial charge in [0.2, 0.25) is 6.79 Å². The van der Waals surface area contributed by atoms with Crippen LogP contribution in [-0.2, 0) is 0 Å². The number of fused-ring (bicyclic) bond motifs is 1. The maximum Gasteiger partial charge on any atom is 0.256 e. The predicted molar refractivity (Wildman–Crippen MR) is 108 cm³/mol. The average Bonchev–Trinajstić information content (AvgIpc) is 3.23. The lowest BCUT2D eigenvalue weighted by Crippen LogP contribution is -2.12. The van der Waals surface area contributed by atoms with Gasteiger partial charge in [-0.25, -0.2) is 4.98 Å². The molecule has 0 atom stereocenters. The van der Waals surface area contributed by atoms with Crippen molar-refractivity contribution in [3.63, 3.8) is 0 Å². The Kier molecular flexibility index (Phi) is 5.07. The summed E-state index contributed by atoms with van der Waals surface area (Å²) in [7, 11) is 3.17. The minimum Gasteiger partial charge on any atom is -0.493 e. The number of carbonyl (C=O) groups excluding carboxylic acids is 1. The first-order valence-corrected chi connectivity index (χ1v) is 8.82. The number of methoxy groups -OCH3 is 2. The van der Waals surface area contributed by atoms with Crippen LogP contribution in [0.15, 0.2) is 54.7 Å². The van der Waals surface area contributed by atoms with Crippen LogP contribution in [0.25, 0.3) is 0 Å². The van der Waals surface area contributed by atoms with E-state index in [1.807, 2.05) is 24.3 Å². The van der Waals surface area contributed by atoms with Gasteiger partial charge in [0.15, 0.2) is 23.0 Å². The number of benzene rings is 2. The predicted octanol–water partition coefficient (Wildman–Crippen LogP) is 3.82. The van der Waals surface area contributed by atoms with E-state index in [2.05, 4.69) is 15.6 Å². The molecule has 3 aromatic rings. The minimum atomic E-state index is -0.281. The minimum absolute atomic E-state index is 0.163. The molecule has 1 amide bonds. The van der Waals surface area contributed by atoms with Crippen molar-refractivity contribution in [2.24, 2.45) is 0 Å². The topological polar surface area (TPSA) is 90.9 Å². The summed E-state index contributed by atoms with van der Waals surface area (Å²) in [5, 5.41) is 5.99. The Hall–Kier alpha value is -3.94. The molecule has 29 heavy (non-hydrogen) atoms. The van der Waals surface area contributed by atoms with E-state index in [-0.39, 0.29) is 12.7 Å². The number of rotatable bonds is 6. The number of carbonyl (C=O) groups is 1. The fourth-order valence-electron chi connectivity index (χ4n) is 2.85. The number of anilines is 3. The quantitative estimate of drug-likeness (QED) is 0.658. The number of hydrogen-bond donors (Lipinski definition) is 2. The van der Waals surface area contributed by atoms with Crippen LogP contribution < -0.4 is 29.6 Å². The monoisotopic (exact) mass is 393 g/mol. The Morgan fingerprint density at radius 1 is 0.931 bits per heavy atom. The highest BCUT2D eigenvalue weighted by molar-refractivity contribution is 6.04. The number of ether oxygens (including phenoxy) is 4. The first-order valence-electron chi connectivity index (χ1n) is 8.82. The average molecular weight is 393 g/mol. The molecule has 0 unspecified atom stereocenters. The highest BCUT2D eigenvalue weighted by Gasteiger charge is 2.16. The van der Waals surface area contributed by atoms with Crippen molar-refractivity contribution in [2.45, 2.75) is 0 Å². The second-order valence-corrected chi connectivity index (χ2v) is 6.15. The molecule has 148 valence electrons. The molecule has 8 nitrogen and oxygen atoms in total. The molecule has 8 heteroatoms. The van der Waals surface area contributed by atoms with Gasteiger partial charge in [0.1, 0.15) is 5.82 Å². The standard InChI is InChI=1S/C21H19N3O5/c1-26-16-7-4-14(10-18(16)27-2)23-15-5-8-20(22-11-15)24-21(25)13-3-6-17-19(9-13)29-12-28-17/h3-11,23H,12H2,1-2H3,(H,22,24,25). The lowest BCUT2D eigenvalue weighted by atomic mass is 10.2. The Morgan fingerprint density at radius 2 is 1.72 bits per heavy atom. The zero-order chi connectivity index (χ0) is 20.2. The smallest absolute Gasteiger partial charge is 0.256 e. The van der Waals surface area contributed by atoms with Crippen LogP contribution in [0.5, 0.6) is 23.0 Å². The summed E-state index contributed by atoms with van der Waals surface area (Å²) >= 11 is 0. The van der Waals surface area contributed by atoms with E-state index in [4.69, 9.17) is 18.9 Å². The van der Waals surface area contributed by atoms with Crippen molar-refractivity contribution in [3.8, 4) is 23.0 Å². The SMILES string of the molecule is COc1ccc(Nc2ccc(NC(=O)c3ccc4c(c3)OCO4)nc2)cc1OC. The molecule has 2 N–H and O–H groups in total. The van der Waals surface area contributed by atoms with Gasteiger partial charge in [0, 0.05) is 17.3 Å². The van der Waals surface area contributed by atoms with Crippen LogP contribution >= 0.6 is 0 Å². The number of aromatic nitrogens is 1. The van der Waals surface area contributed by atoms with Crippen LogP contribution in [0.2, 0.25) is 0 Å². The molecule has 1 aliphatic rings. The largest absolute Gasteiger partial charge is 0.493 e. The molecule has 0 saturated carbocycles. The van der Waals surface area contributed by atoms with Crippen molar-refractivity contribution >= 4 is 23.1 Å². The van der Waals surface area contributed by atoms with Crippen LogP contribution in [-0.4, -0.2) is 31.9 Å². The lowest BCUT2D eigenvalue weighted by molar-refractivity contribution is 0.102. The van der Waals surface area contributed by atoms with E-state index in [0.29, 0.717) is 34.4 Å². The molecule has 2 heterocycles. The molecule has 1 aliphatic heterocycles. The van der Waals surface area contributed by atoms with Crippen LogP contribution in [0, 0.1) is 0 Å². The van der Waals surface area contributed by atoms with Crippen molar-refractivity contribution in [1.82, 2.24) is 4.98 Å². The summed E-state index contributed by atoms with van der Waals surface area (Å²) in [5.41, 5.74) is 2.04. The molecule has 0 bridgehead atoms. The Balaban J connectivity index is 1.42. The number of nitrogens with one attached hydrogen (secondary N) is 2. The summed E-state index contributed by atoms with van der Waals surface area (Å²) in [5.74, 6) is 2.61. The molecule has 1 aromatic heterocycles. The molecule has 2 aromatic carbocycles. The number of pyridine rings is 1. The Bertz CT molecular complexity index is 1040. The van der Waals surface area contributed by atoms with Gasteiger partial charge < -0.3 is 29.6 Å². The summed E-state index contributed by atoms with van der Waals surface area (Å²) in [6, 6.07) is 14.1. The van der Waals surface area contributed by atoms with Gasteiger partial charge in [0.25, 0.3) is 5.91 Å². The lowest BCUT2D eigenvalue weighted by Gasteiger charge is -2.11. The molecule has 0 aliphatic carbocycles. The van der Waals surface area contributed by atoms with Gasteiger partial charge in [-0.05, 0) is 42.5 Å². The normalized spacial score (nSPS) is 11.7. The van der Waals surface area contributed by atoms with E-state index in [9.17, 15) is 4.79 Å². The van der Waals surface area contributed by atoms with E-state index in [1.165, 1.54) is 0 Å². The summed E-state index contributed by atoms with van der Waals surface area (Å²) in [6.45, 7) is 0.163. The van der Waals surface area contributed by atoms with Crippen molar-refractivity contribution in [1.29, 1.82) is 0 Å². The molecule has 0 saturated heterocycles. The maximum absolute atomic E-state index is 12.4. The third-order valence-corrected chi connectivity index (χ3v) is 4.31. The van der Waals surface area contributed by atoms with Gasteiger partial charge in [-0.1, -0.05) is 0 Å². The molecular formula is C21H19N3O5. The molecule has 0 radical (unpaired) electrons. The van der Waals surface area contributed by atoms with Crippen molar-refractivity contribution < 1.29 is 23.7 Å². The zero-order valence-corrected chi connectivity index (χ0v) is 15.9. The molecule has 4 rings (SSSR count). The summed E-state index contributed by atoms with van der Waals surface area (Å²) in [4.78, 5) is 16.7. The molecule has 0 fully saturated rings. The van der Waals surface area contributed by atoms with Gasteiger partial charge in [-0.2, -0.15) is 0 Å². The van der Waals surface area contributed by atoms with E-state index in [1.54, 1.807) is 44.7 Å². The van der Waals surface area contributed by atoms with Crippen LogP contribution in [0.4, 0.5) is 17.2 Å².